The van der Waals surface area contributed by atoms with Gasteiger partial charge in [0.25, 0.3) is 0 Å². The quantitative estimate of drug-likeness (QED) is 0.726. The molecule has 0 aliphatic rings. The Hall–Kier alpha value is -2.60. The van der Waals surface area contributed by atoms with Gasteiger partial charge in [-0.1, -0.05) is 59.7 Å². The molecule has 3 nitrogen and oxygen atoms in total. The Kier molecular flexibility index (Phi) is 5.04. The van der Waals surface area contributed by atoms with Crippen molar-refractivity contribution in [3.63, 3.8) is 0 Å². The summed E-state index contributed by atoms with van der Waals surface area (Å²) in [7, 11) is 0. The van der Waals surface area contributed by atoms with Crippen molar-refractivity contribution < 1.29 is 5.11 Å². The predicted molar refractivity (Wildman–Crippen MR) is 104 cm³/mol. The Bertz CT molecular complexity index is 844. The fraction of sp³-hybridized carbons (Fsp3) is 0.364. The molecule has 0 amide bonds. The first-order valence-corrected chi connectivity index (χ1v) is 8.45. The number of rotatable bonds is 2. The lowest BCUT2D eigenvalue weighted by molar-refractivity contribution is 0.444. The minimum atomic E-state index is -0.182. The minimum Gasteiger partial charge on any atom is -0.507 e. The molecule has 0 aliphatic carbocycles. The number of phenolic OH excluding ortho intramolecular Hbond substituents is 1. The highest BCUT2D eigenvalue weighted by atomic mass is 16.3. The van der Waals surface area contributed by atoms with E-state index in [4.69, 9.17) is 0 Å². The van der Waals surface area contributed by atoms with Gasteiger partial charge in [0.05, 0.1) is 11.3 Å². The molecule has 2 aromatic rings. The lowest BCUT2D eigenvalue weighted by atomic mass is 9.79. The topological polar surface area (TPSA) is 56.4 Å². The third-order valence-corrected chi connectivity index (χ3v) is 4.18. The van der Waals surface area contributed by atoms with Crippen LogP contribution in [0.5, 0.6) is 5.75 Å². The van der Waals surface area contributed by atoms with Crippen molar-refractivity contribution in [2.45, 2.75) is 52.4 Å². The van der Waals surface area contributed by atoms with Crippen molar-refractivity contribution in [3.8, 4) is 11.8 Å². The van der Waals surface area contributed by atoms with Crippen molar-refractivity contribution in [2.75, 3.05) is 0 Å². The average molecular weight is 334 g/mol. The number of hydrogen-bond acceptors (Lipinski definition) is 3. The van der Waals surface area contributed by atoms with E-state index in [1.165, 1.54) is 0 Å². The molecule has 0 fully saturated rings. The molecule has 3 heteroatoms. The Morgan fingerprint density at radius 2 is 1.64 bits per heavy atom. The summed E-state index contributed by atoms with van der Waals surface area (Å²) in [5.74, 6) is 0.249. The molecular formula is C22H26N2O. The maximum atomic E-state index is 10.8. The maximum Gasteiger partial charge on any atom is 0.128 e. The molecule has 0 aliphatic heterocycles. The van der Waals surface area contributed by atoms with Gasteiger partial charge < -0.3 is 5.11 Å². The van der Waals surface area contributed by atoms with Gasteiger partial charge in [-0.2, -0.15) is 5.26 Å². The standard InChI is InChI=1S/C22H26N2O/c1-21(2,3)17-11-16(20(25)18(12-17)22(4,5)6)14-24-19-10-8-7-9-15(19)13-23/h7-12,14,25H,1-6H3/b24-14+. The summed E-state index contributed by atoms with van der Waals surface area (Å²) in [5, 5.41) is 20.0. The molecule has 0 heterocycles. The molecule has 1 N–H and O–H groups in total. The van der Waals surface area contributed by atoms with Crippen LogP contribution in [0.4, 0.5) is 5.69 Å². The summed E-state index contributed by atoms with van der Waals surface area (Å²) < 4.78 is 0. The first-order valence-electron chi connectivity index (χ1n) is 8.45. The molecule has 0 radical (unpaired) electrons. The molecule has 0 aromatic heterocycles. The van der Waals surface area contributed by atoms with E-state index in [0.29, 0.717) is 16.8 Å². The van der Waals surface area contributed by atoms with E-state index in [9.17, 15) is 10.4 Å². The van der Waals surface area contributed by atoms with Gasteiger partial charge in [-0.15, -0.1) is 0 Å². The number of nitrogens with zero attached hydrogens (tertiary/aromatic N) is 2. The zero-order valence-electron chi connectivity index (χ0n) is 15.9. The van der Waals surface area contributed by atoms with E-state index < -0.39 is 0 Å². The molecule has 25 heavy (non-hydrogen) atoms. The summed E-state index contributed by atoms with van der Waals surface area (Å²) in [6.45, 7) is 12.7. The molecular weight excluding hydrogens is 308 g/mol. The number of hydrogen-bond donors (Lipinski definition) is 1. The Morgan fingerprint density at radius 1 is 1.00 bits per heavy atom. The monoisotopic (exact) mass is 334 g/mol. The third-order valence-electron chi connectivity index (χ3n) is 4.18. The summed E-state index contributed by atoms with van der Waals surface area (Å²) >= 11 is 0. The highest BCUT2D eigenvalue weighted by Gasteiger charge is 2.24. The number of aliphatic imine (C=N–C) groups is 1. The lowest BCUT2D eigenvalue weighted by Gasteiger charge is -2.27. The maximum absolute atomic E-state index is 10.8. The molecule has 0 saturated carbocycles. The van der Waals surface area contributed by atoms with Crippen LogP contribution in [-0.2, 0) is 10.8 Å². The van der Waals surface area contributed by atoms with Crippen LogP contribution in [0.2, 0.25) is 0 Å². The zero-order chi connectivity index (χ0) is 18.8. The molecule has 0 atom stereocenters. The smallest absolute Gasteiger partial charge is 0.128 e. The van der Waals surface area contributed by atoms with E-state index in [1.54, 1.807) is 18.3 Å². The first kappa shape index (κ1) is 18.7. The van der Waals surface area contributed by atoms with Crippen LogP contribution < -0.4 is 0 Å². The Balaban J connectivity index is 2.61. The Labute approximate surface area is 150 Å². The second-order valence-corrected chi connectivity index (χ2v) is 8.35. The van der Waals surface area contributed by atoms with E-state index in [-0.39, 0.29) is 16.6 Å². The van der Waals surface area contributed by atoms with Crippen LogP contribution in [0.25, 0.3) is 0 Å². The molecule has 2 rings (SSSR count). The molecule has 0 saturated heterocycles. The Morgan fingerprint density at radius 3 is 2.20 bits per heavy atom. The lowest BCUT2D eigenvalue weighted by Crippen LogP contribution is -2.17. The molecule has 0 unspecified atom stereocenters. The van der Waals surface area contributed by atoms with Gasteiger partial charge in [0.15, 0.2) is 0 Å². The highest BCUT2D eigenvalue weighted by Crippen LogP contribution is 2.37. The van der Waals surface area contributed by atoms with Gasteiger partial charge in [-0.05, 0) is 34.6 Å². The van der Waals surface area contributed by atoms with Gasteiger partial charge >= 0.3 is 0 Å². The van der Waals surface area contributed by atoms with Crippen LogP contribution in [0, 0.1) is 11.3 Å². The molecule has 130 valence electrons. The SMILES string of the molecule is CC(C)(C)c1cc(/C=N/c2ccccc2C#N)c(O)c(C(C)(C)C)c1. The van der Waals surface area contributed by atoms with E-state index in [2.05, 4.69) is 58.7 Å². The summed E-state index contributed by atoms with van der Waals surface area (Å²) in [6.07, 6.45) is 1.65. The van der Waals surface area contributed by atoms with Crippen LogP contribution in [-0.4, -0.2) is 11.3 Å². The fourth-order valence-corrected chi connectivity index (χ4v) is 2.58. The van der Waals surface area contributed by atoms with Gasteiger partial charge in [-0.3, -0.25) is 4.99 Å². The summed E-state index contributed by atoms with van der Waals surface area (Å²) in [5.41, 5.74) is 3.61. The second kappa shape index (κ2) is 6.72. The van der Waals surface area contributed by atoms with Crippen LogP contribution >= 0.6 is 0 Å². The fourth-order valence-electron chi connectivity index (χ4n) is 2.58. The average Bonchev–Trinajstić information content (AvgIpc) is 2.51. The van der Waals surface area contributed by atoms with Crippen molar-refractivity contribution in [1.82, 2.24) is 0 Å². The van der Waals surface area contributed by atoms with E-state index in [0.717, 1.165) is 11.1 Å². The second-order valence-electron chi connectivity index (χ2n) is 8.35. The molecule has 0 bridgehead atoms. The number of benzene rings is 2. The molecule has 2 aromatic carbocycles. The predicted octanol–water partition coefficient (Wildman–Crippen LogP) is 5.61. The van der Waals surface area contributed by atoms with Crippen molar-refractivity contribution >= 4 is 11.9 Å². The van der Waals surface area contributed by atoms with E-state index >= 15 is 0 Å². The largest absolute Gasteiger partial charge is 0.507 e. The van der Waals surface area contributed by atoms with Crippen LogP contribution in [0.3, 0.4) is 0 Å². The third kappa shape index (κ3) is 4.28. The summed E-state index contributed by atoms with van der Waals surface area (Å²) in [6, 6.07) is 13.4. The van der Waals surface area contributed by atoms with Gasteiger partial charge in [-0.25, -0.2) is 0 Å². The number of para-hydroxylation sites is 1. The number of aromatic hydroxyl groups is 1. The van der Waals surface area contributed by atoms with Crippen molar-refractivity contribution in [1.29, 1.82) is 5.26 Å². The summed E-state index contributed by atoms with van der Waals surface area (Å²) in [4.78, 5) is 4.45. The number of nitriles is 1. The highest BCUT2D eigenvalue weighted by molar-refractivity contribution is 5.87. The van der Waals surface area contributed by atoms with Gasteiger partial charge in [0.2, 0.25) is 0 Å². The minimum absolute atomic E-state index is 0.0408. The van der Waals surface area contributed by atoms with Crippen molar-refractivity contribution in [3.05, 3.63) is 58.7 Å². The van der Waals surface area contributed by atoms with Gasteiger partial charge in [0.1, 0.15) is 11.8 Å². The van der Waals surface area contributed by atoms with Crippen molar-refractivity contribution in [2.24, 2.45) is 4.99 Å². The normalized spacial score (nSPS) is 12.4. The zero-order valence-corrected chi connectivity index (χ0v) is 15.9. The van der Waals surface area contributed by atoms with Crippen LogP contribution in [0.1, 0.15) is 63.8 Å². The first-order chi connectivity index (χ1) is 11.5. The van der Waals surface area contributed by atoms with Gasteiger partial charge in [0, 0.05) is 17.3 Å². The molecule has 0 spiro atoms. The number of phenols is 1. The van der Waals surface area contributed by atoms with Crippen LogP contribution in [0.15, 0.2) is 41.4 Å². The van der Waals surface area contributed by atoms with E-state index in [1.807, 2.05) is 18.2 Å².